The predicted molar refractivity (Wildman–Crippen MR) is 93.9 cm³/mol. The van der Waals surface area contributed by atoms with Crippen LogP contribution in [0.5, 0.6) is 0 Å². The van der Waals surface area contributed by atoms with E-state index in [2.05, 4.69) is 10.6 Å². The van der Waals surface area contributed by atoms with Crippen LogP contribution in [0.25, 0.3) is 0 Å². The summed E-state index contributed by atoms with van der Waals surface area (Å²) in [5.41, 5.74) is 2.20. The zero-order valence-electron chi connectivity index (χ0n) is 14.5. The van der Waals surface area contributed by atoms with E-state index in [0.29, 0.717) is 26.4 Å². The summed E-state index contributed by atoms with van der Waals surface area (Å²) in [7, 11) is 0. The minimum Gasteiger partial charge on any atom is -0.379 e. The molecule has 0 aromatic heterocycles. The largest absolute Gasteiger partial charge is 0.379 e. The van der Waals surface area contributed by atoms with E-state index < -0.39 is 0 Å². The van der Waals surface area contributed by atoms with Crippen LogP contribution in [-0.2, 0) is 20.9 Å². The second-order valence-corrected chi connectivity index (χ2v) is 6.81. The van der Waals surface area contributed by atoms with E-state index in [4.69, 9.17) is 9.47 Å². The summed E-state index contributed by atoms with van der Waals surface area (Å²) >= 11 is 0. The van der Waals surface area contributed by atoms with Gasteiger partial charge in [-0.15, -0.1) is 0 Å². The zero-order chi connectivity index (χ0) is 16.8. The molecule has 1 saturated carbocycles. The number of carbonyl (C=O) groups excluding carboxylic acids is 1. The van der Waals surface area contributed by atoms with Crippen LogP contribution < -0.4 is 10.6 Å². The topological polar surface area (TPSA) is 59.6 Å². The van der Waals surface area contributed by atoms with Gasteiger partial charge in [-0.25, -0.2) is 0 Å². The van der Waals surface area contributed by atoms with Gasteiger partial charge in [-0.2, -0.15) is 0 Å². The summed E-state index contributed by atoms with van der Waals surface area (Å²) in [5, 5.41) is 6.46. The highest BCUT2D eigenvalue weighted by Gasteiger charge is 2.57. The van der Waals surface area contributed by atoms with Crippen LogP contribution in [0.3, 0.4) is 0 Å². The third-order valence-corrected chi connectivity index (χ3v) is 5.14. The number of piperidine rings is 1. The molecular formula is C19H28N2O3. The van der Waals surface area contributed by atoms with Crippen LogP contribution in [-0.4, -0.2) is 38.8 Å². The maximum atomic E-state index is 12.5. The Morgan fingerprint density at radius 2 is 2.08 bits per heavy atom. The highest BCUT2D eigenvalue weighted by molar-refractivity contribution is 5.95. The Morgan fingerprint density at radius 1 is 1.29 bits per heavy atom. The molecule has 1 saturated heterocycles. The van der Waals surface area contributed by atoms with E-state index in [1.165, 1.54) is 0 Å². The maximum absolute atomic E-state index is 12.5. The molecule has 1 unspecified atom stereocenters. The minimum absolute atomic E-state index is 0.173. The van der Waals surface area contributed by atoms with Crippen LogP contribution in [0.2, 0.25) is 0 Å². The lowest BCUT2D eigenvalue weighted by atomic mass is 9.92. The van der Waals surface area contributed by atoms with E-state index in [1.54, 1.807) is 0 Å². The molecule has 1 amide bonds. The fourth-order valence-corrected chi connectivity index (χ4v) is 3.62. The predicted octanol–water partition coefficient (Wildman–Crippen LogP) is 2.57. The first kappa shape index (κ1) is 17.4. The molecule has 2 fully saturated rings. The third kappa shape index (κ3) is 4.35. The molecule has 0 radical (unpaired) electrons. The number of anilines is 1. The number of nitrogens with one attached hydrogen (secondary N) is 2. The van der Waals surface area contributed by atoms with Crippen molar-refractivity contribution in [3.63, 3.8) is 0 Å². The molecule has 5 nitrogen and oxygen atoms in total. The van der Waals surface area contributed by atoms with E-state index in [-0.39, 0.29) is 17.2 Å². The molecule has 3 rings (SSSR count). The van der Waals surface area contributed by atoms with Crippen molar-refractivity contribution < 1.29 is 14.3 Å². The Labute approximate surface area is 144 Å². The van der Waals surface area contributed by atoms with E-state index in [0.717, 1.165) is 43.6 Å². The first-order valence-corrected chi connectivity index (χ1v) is 8.99. The lowest BCUT2D eigenvalue weighted by molar-refractivity contribution is -0.118. The van der Waals surface area contributed by atoms with Gasteiger partial charge in [0.2, 0.25) is 5.91 Å². The van der Waals surface area contributed by atoms with E-state index in [9.17, 15) is 4.79 Å². The lowest BCUT2D eigenvalue weighted by Gasteiger charge is -2.23. The van der Waals surface area contributed by atoms with Crippen molar-refractivity contribution in [1.29, 1.82) is 0 Å². The van der Waals surface area contributed by atoms with Crippen molar-refractivity contribution in [3.8, 4) is 0 Å². The molecule has 1 aliphatic heterocycles. The van der Waals surface area contributed by atoms with Gasteiger partial charge in [0.15, 0.2) is 0 Å². The molecule has 1 spiro atoms. The van der Waals surface area contributed by atoms with Gasteiger partial charge in [-0.1, -0.05) is 12.1 Å². The van der Waals surface area contributed by atoms with Crippen LogP contribution in [0.1, 0.15) is 31.7 Å². The van der Waals surface area contributed by atoms with Crippen LogP contribution in [0.15, 0.2) is 24.3 Å². The van der Waals surface area contributed by atoms with Gasteiger partial charge in [-0.05, 0) is 62.4 Å². The lowest BCUT2D eigenvalue weighted by Crippen LogP contribution is -2.31. The smallest absolute Gasteiger partial charge is 0.228 e. The average molecular weight is 332 g/mol. The third-order valence-electron chi connectivity index (χ3n) is 5.14. The Kier molecular flexibility index (Phi) is 5.87. The van der Waals surface area contributed by atoms with Crippen molar-refractivity contribution in [2.75, 3.05) is 38.2 Å². The number of hydrogen-bond donors (Lipinski definition) is 2. The van der Waals surface area contributed by atoms with Gasteiger partial charge >= 0.3 is 0 Å². The molecule has 1 aliphatic carbocycles. The van der Waals surface area contributed by atoms with Crippen molar-refractivity contribution in [3.05, 3.63) is 29.8 Å². The molecule has 1 atom stereocenters. The highest BCUT2D eigenvalue weighted by atomic mass is 16.5. The van der Waals surface area contributed by atoms with Gasteiger partial charge in [0.1, 0.15) is 0 Å². The molecule has 132 valence electrons. The van der Waals surface area contributed by atoms with Gasteiger partial charge in [0, 0.05) is 18.2 Å². The van der Waals surface area contributed by atoms with Gasteiger partial charge in [-0.3, -0.25) is 4.79 Å². The summed E-state index contributed by atoms with van der Waals surface area (Å²) in [4.78, 5) is 12.5. The molecule has 2 N–H and O–H groups in total. The molecule has 1 heterocycles. The SMILES string of the molecule is CCOCCOCc1cccc(NC(=O)C2CC23CCNCC3)c1. The summed E-state index contributed by atoms with van der Waals surface area (Å²) < 4.78 is 10.8. The first-order valence-electron chi connectivity index (χ1n) is 8.99. The number of rotatable bonds is 8. The van der Waals surface area contributed by atoms with Crippen LogP contribution >= 0.6 is 0 Å². The number of amides is 1. The van der Waals surface area contributed by atoms with E-state index >= 15 is 0 Å². The Bertz CT molecular complexity index is 555. The van der Waals surface area contributed by atoms with Crippen molar-refractivity contribution in [1.82, 2.24) is 5.32 Å². The van der Waals surface area contributed by atoms with Gasteiger partial charge in [0.05, 0.1) is 19.8 Å². The minimum atomic E-state index is 0.173. The summed E-state index contributed by atoms with van der Waals surface area (Å²) in [6.45, 7) is 6.50. The first-order chi connectivity index (χ1) is 11.7. The number of carbonyl (C=O) groups is 1. The Morgan fingerprint density at radius 3 is 2.88 bits per heavy atom. The second-order valence-electron chi connectivity index (χ2n) is 6.81. The number of benzene rings is 1. The Balaban J connectivity index is 1.47. The monoisotopic (exact) mass is 332 g/mol. The molecule has 0 bridgehead atoms. The summed E-state index contributed by atoms with van der Waals surface area (Å²) in [6.07, 6.45) is 3.29. The van der Waals surface area contributed by atoms with Gasteiger partial charge in [0.25, 0.3) is 0 Å². The fourth-order valence-electron chi connectivity index (χ4n) is 3.62. The fraction of sp³-hybridized carbons (Fsp3) is 0.632. The summed E-state index contributed by atoms with van der Waals surface area (Å²) in [6, 6.07) is 7.92. The highest BCUT2D eigenvalue weighted by Crippen LogP contribution is 2.58. The van der Waals surface area contributed by atoms with Crippen LogP contribution in [0.4, 0.5) is 5.69 Å². The molecule has 2 aliphatic rings. The van der Waals surface area contributed by atoms with Gasteiger partial charge < -0.3 is 20.1 Å². The Hall–Kier alpha value is -1.43. The standard InChI is InChI=1S/C19H28N2O3/c1-2-23-10-11-24-14-15-4-3-5-16(12-15)21-18(22)17-13-19(17)6-8-20-9-7-19/h3-5,12,17,20H,2,6-11,13-14H2,1H3,(H,21,22). The normalized spacial score (nSPS) is 21.6. The number of hydrogen-bond acceptors (Lipinski definition) is 4. The molecule has 1 aromatic rings. The molecule has 24 heavy (non-hydrogen) atoms. The van der Waals surface area contributed by atoms with Crippen LogP contribution in [0, 0.1) is 11.3 Å². The molecule has 5 heteroatoms. The molecular weight excluding hydrogens is 304 g/mol. The average Bonchev–Trinajstić information content (AvgIpc) is 3.29. The van der Waals surface area contributed by atoms with Crippen molar-refractivity contribution >= 4 is 11.6 Å². The molecule has 1 aromatic carbocycles. The maximum Gasteiger partial charge on any atom is 0.228 e. The zero-order valence-corrected chi connectivity index (χ0v) is 14.5. The van der Waals surface area contributed by atoms with Crippen molar-refractivity contribution in [2.45, 2.75) is 32.8 Å². The quantitative estimate of drug-likeness (QED) is 0.718. The second kappa shape index (κ2) is 8.10. The van der Waals surface area contributed by atoms with Crippen molar-refractivity contribution in [2.24, 2.45) is 11.3 Å². The van der Waals surface area contributed by atoms with E-state index in [1.807, 2.05) is 31.2 Å². The number of ether oxygens (including phenoxy) is 2. The summed E-state index contributed by atoms with van der Waals surface area (Å²) in [5.74, 6) is 0.358.